The number of carboxylic acids is 1. The van der Waals surface area contributed by atoms with Crippen molar-refractivity contribution in [2.75, 3.05) is 6.54 Å². The largest absolute Gasteiger partial charge is 0.480 e. The Bertz CT molecular complexity index is 863. The van der Waals surface area contributed by atoms with Crippen LogP contribution in [-0.2, 0) is 16.1 Å². The van der Waals surface area contributed by atoms with E-state index in [0.717, 1.165) is 4.90 Å². The zero-order valence-corrected chi connectivity index (χ0v) is 13.6. The van der Waals surface area contributed by atoms with Gasteiger partial charge < -0.3 is 20.3 Å². The molecule has 1 aliphatic heterocycles. The fourth-order valence-electron chi connectivity index (χ4n) is 3.27. The van der Waals surface area contributed by atoms with Gasteiger partial charge in [0.25, 0.3) is 0 Å². The molecule has 0 bridgehead atoms. The summed E-state index contributed by atoms with van der Waals surface area (Å²) in [7, 11) is 0. The first-order valence-corrected chi connectivity index (χ1v) is 7.82. The quantitative estimate of drug-likeness (QED) is 0.796. The van der Waals surface area contributed by atoms with Crippen LogP contribution in [0.25, 0.3) is 10.9 Å². The molecule has 8 heteroatoms. The van der Waals surface area contributed by atoms with E-state index in [9.17, 15) is 23.9 Å². The van der Waals surface area contributed by atoms with E-state index in [0.29, 0.717) is 16.5 Å². The van der Waals surface area contributed by atoms with Crippen molar-refractivity contribution in [1.29, 1.82) is 0 Å². The number of nitrogens with two attached hydrogens (primary N) is 1. The Morgan fingerprint density at radius 1 is 1.32 bits per heavy atom. The maximum absolute atomic E-state index is 14.0. The predicted octanol–water partition coefficient (Wildman–Crippen LogP) is 0.805. The maximum Gasteiger partial charge on any atom is 0.329 e. The zero-order chi connectivity index (χ0) is 18.3. The molecular formula is C17H18FN3O4. The number of amides is 1. The van der Waals surface area contributed by atoms with E-state index >= 15 is 0 Å². The molecular weight excluding hydrogens is 329 g/mol. The molecule has 3 rings (SSSR count). The lowest BCUT2D eigenvalue weighted by Gasteiger charge is -2.22. The summed E-state index contributed by atoms with van der Waals surface area (Å²) in [5, 5.41) is 9.90. The van der Waals surface area contributed by atoms with Crippen molar-refractivity contribution >= 4 is 28.6 Å². The number of carbonyl (C=O) groups excluding carboxylic acids is 2. The number of para-hydroxylation sites is 1. The van der Waals surface area contributed by atoms with Gasteiger partial charge in [0.2, 0.25) is 5.91 Å². The minimum atomic E-state index is -1.81. The lowest BCUT2D eigenvalue weighted by atomic mass is 10.1. The minimum absolute atomic E-state index is 0.141. The second-order valence-electron chi connectivity index (χ2n) is 6.18. The number of nitrogens with zero attached hydrogens (tertiary/aromatic N) is 2. The van der Waals surface area contributed by atoms with Crippen molar-refractivity contribution in [2.45, 2.75) is 31.7 Å². The molecule has 25 heavy (non-hydrogen) atoms. The molecule has 1 aromatic carbocycles. The summed E-state index contributed by atoms with van der Waals surface area (Å²) in [6.45, 7) is 1.08. The van der Waals surface area contributed by atoms with Gasteiger partial charge in [-0.3, -0.25) is 9.59 Å². The normalized spacial score (nSPS) is 23.2. The monoisotopic (exact) mass is 347 g/mol. The summed E-state index contributed by atoms with van der Waals surface area (Å²) >= 11 is 0. The van der Waals surface area contributed by atoms with Crippen LogP contribution in [0.5, 0.6) is 0 Å². The van der Waals surface area contributed by atoms with E-state index in [-0.39, 0.29) is 18.9 Å². The number of hydrogen-bond acceptors (Lipinski definition) is 4. The molecule has 3 atom stereocenters. The number of likely N-dealkylation sites (tertiary alicyclic amines) is 1. The minimum Gasteiger partial charge on any atom is -0.480 e. The van der Waals surface area contributed by atoms with Gasteiger partial charge >= 0.3 is 5.97 Å². The SMILES string of the molecule is CC(=O)c1cn(CC(=O)N2C[C@@H](N)[C@H](F)[C@H]2C(=O)O)c2ccccc12. The van der Waals surface area contributed by atoms with E-state index in [1.807, 2.05) is 0 Å². The zero-order valence-electron chi connectivity index (χ0n) is 13.6. The lowest BCUT2D eigenvalue weighted by molar-refractivity contribution is -0.150. The van der Waals surface area contributed by atoms with Gasteiger partial charge in [0.1, 0.15) is 12.7 Å². The van der Waals surface area contributed by atoms with E-state index in [1.165, 1.54) is 6.92 Å². The second kappa shape index (κ2) is 6.29. The van der Waals surface area contributed by atoms with Crippen LogP contribution in [0.4, 0.5) is 4.39 Å². The smallest absolute Gasteiger partial charge is 0.329 e. The highest BCUT2D eigenvalue weighted by atomic mass is 19.1. The number of halogens is 1. The first-order chi connectivity index (χ1) is 11.8. The summed E-state index contributed by atoms with van der Waals surface area (Å²) in [6, 6.07) is 4.48. The van der Waals surface area contributed by atoms with Crippen LogP contribution in [0.1, 0.15) is 17.3 Å². The standard InChI is InChI=1S/C17H18FN3O4/c1-9(22)11-6-20(13-5-3-2-4-10(11)13)8-14(23)21-7-12(19)15(18)16(21)17(24)25/h2-6,12,15-16H,7-8,19H2,1H3,(H,24,25)/t12-,15+,16+/m1/s1. The van der Waals surface area contributed by atoms with Crippen LogP contribution in [-0.4, -0.2) is 57.0 Å². The molecule has 0 spiro atoms. The van der Waals surface area contributed by atoms with Crippen LogP contribution in [0.15, 0.2) is 30.5 Å². The summed E-state index contributed by atoms with van der Waals surface area (Å²) in [6.07, 6.45) is -0.250. The van der Waals surface area contributed by atoms with Gasteiger partial charge in [-0.15, -0.1) is 0 Å². The Morgan fingerprint density at radius 3 is 2.64 bits per heavy atom. The molecule has 132 valence electrons. The number of aromatic nitrogens is 1. The molecule has 0 radical (unpaired) electrons. The van der Waals surface area contributed by atoms with E-state index < -0.39 is 30.1 Å². The lowest BCUT2D eigenvalue weighted by Crippen LogP contribution is -2.45. The third-order valence-corrected chi connectivity index (χ3v) is 4.50. The third kappa shape index (κ3) is 2.89. The van der Waals surface area contributed by atoms with Gasteiger partial charge in [-0.05, 0) is 13.0 Å². The van der Waals surface area contributed by atoms with Gasteiger partial charge in [-0.2, -0.15) is 0 Å². The number of alkyl halides is 1. The number of carbonyl (C=O) groups is 3. The van der Waals surface area contributed by atoms with Gasteiger partial charge in [0.15, 0.2) is 11.8 Å². The number of hydrogen-bond donors (Lipinski definition) is 2. The van der Waals surface area contributed by atoms with Gasteiger partial charge in [0, 0.05) is 29.2 Å². The Kier molecular flexibility index (Phi) is 4.30. The maximum atomic E-state index is 14.0. The summed E-state index contributed by atoms with van der Waals surface area (Å²) < 4.78 is 15.6. The molecule has 0 aliphatic carbocycles. The van der Waals surface area contributed by atoms with Crippen molar-refractivity contribution in [2.24, 2.45) is 5.73 Å². The Balaban J connectivity index is 1.92. The fourth-order valence-corrected chi connectivity index (χ4v) is 3.27. The molecule has 0 saturated carbocycles. The van der Waals surface area contributed by atoms with Crippen LogP contribution >= 0.6 is 0 Å². The van der Waals surface area contributed by atoms with Crippen LogP contribution in [0.2, 0.25) is 0 Å². The van der Waals surface area contributed by atoms with E-state index in [1.54, 1.807) is 35.0 Å². The topological polar surface area (TPSA) is 106 Å². The highest BCUT2D eigenvalue weighted by Gasteiger charge is 2.47. The molecule has 1 saturated heterocycles. The average molecular weight is 347 g/mol. The number of Topliss-reactive ketones (excluding diaryl/α,β-unsaturated/α-hetero) is 1. The van der Waals surface area contributed by atoms with Crippen molar-refractivity contribution in [1.82, 2.24) is 9.47 Å². The number of carboxylic acid groups (broad SMARTS) is 1. The van der Waals surface area contributed by atoms with Crippen molar-refractivity contribution in [3.05, 3.63) is 36.0 Å². The van der Waals surface area contributed by atoms with Gasteiger partial charge in [-0.1, -0.05) is 18.2 Å². The Morgan fingerprint density at radius 2 is 2.00 bits per heavy atom. The number of fused-ring (bicyclic) bond motifs is 1. The van der Waals surface area contributed by atoms with Crippen molar-refractivity contribution < 1.29 is 23.9 Å². The van der Waals surface area contributed by atoms with E-state index in [2.05, 4.69) is 0 Å². The Hall–Kier alpha value is -2.74. The first kappa shape index (κ1) is 17.1. The molecule has 1 fully saturated rings. The van der Waals surface area contributed by atoms with Crippen molar-refractivity contribution in [3.8, 4) is 0 Å². The molecule has 7 nitrogen and oxygen atoms in total. The Labute approximate surface area is 142 Å². The number of aliphatic carboxylic acids is 1. The number of rotatable bonds is 4. The third-order valence-electron chi connectivity index (χ3n) is 4.50. The molecule has 3 N–H and O–H groups in total. The van der Waals surface area contributed by atoms with Crippen molar-refractivity contribution in [3.63, 3.8) is 0 Å². The van der Waals surface area contributed by atoms with Crippen LogP contribution in [0, 0.1) is 0 Å². The molecule has 1 aromatic heterocycles. The fraction of sp³-hybridized carbons (Fsp3) is 0.353. The van der Waals surface area contributed by atoms with Gasteiger partial charge in [-0.25, -0.2) is 9.18 Å². The van der Waals surface area contributed by atoms with Crippen LogP contribution < -0.4 is 5.73 Å². The summed E-state index contributed by atoms with van der Waals surface area (Å²) in [5.41, 5.74) is 6.72. The highest BCUT2D eigenvalue weighted by molar-refractivity contribution is 6.07. The molecule has 2 aromatic rings. The van der Waals surface area contributed by atoms with E-state index in [4.69, 9.17) is 5.73 Å². The predicted molar refractivity (Wildman–Crippen MR) is 88.0 cm³/mol. The summed E-state index contributed by atoms with van der Waals surface area (Å²) in [4.78, 5) is 36.6. The summed E-state index contributed by atoms with van der Waals surface area (Å²) in [5.74, 6) is -2.12. The first-order valence-electron chi connectivity index (χ1n) is 7.82. The molecule has 1 aliphatic rings. The molecule has 1 amide bonds. The van der Waals surface area contributed by atoms with Gasteiger partial charge in [0.05, 0.1) is 6.04 Å². The number of ketones is 1. The average Bonchev–Trinajstić information content (AvgIpc) is 3.06. The van der Waals surface area contributed by atoms with Crippen LogP contribution in [0.3, 0.4) is 0 Å². The molecule has 2 heterocycles. The second-order valence-corrected chi connectivity index (χ2v) is 6.18. The molecule has 0 unspecified atom stereocenters. The highest BCUT2D eigenvalue weighted by Crippen LogP contribution is 2.24. The number of benzene rings is 1.